The third-order valence-electron chi connectivity index (χ3n) is 4.02. The minimum absolute atomic E-state index is 0.0815. The first kappa shape index (κ1) is 20.8. The van der Waals surface area contributed by atoms with Crippen LogP contribution in [0, 0.1) is 5.92 Å². The molecule has 2 heterocycles. The predicted molar refractivity (Wildman–Crippen MR) is 94.0 cm³/mol. The summed E-state index contributed by atoms with van der Waals surface area (Å²) >= 11 is 0. The lowest BCUT2D eigenvalue weighted by Gasteiger charge is -2.25. The van der Waals surface area contributed by atoms with Gasteiger partial charge in [-0.15, -0.1) is 0 Å². The number of hydrogen-bond acceptors (Lipinski definition) is 7. The van der Waals surface area contributed by atoms with Crippen LogP contribution in [0.25, 0.3) is 0 Å². The lowest BCUT2D eigenvalue weighted by molar-refractivity contribution is -0.138. The molecule has 0 bridgehead atoms. The molecule has 1 aliphatic rings. The molecule has 3 N–H and O–H groups in total. The first-order valence-electron chi connectivity index (χ1n) is 8.91. The van der Waals surface area contributed by atoms with Gasteiger partial charge in [0.1, 0.15) is 12.6 Å². The fourth-order valence-corrected chi connectivity index (χ4v) is 2.70. The molecule has 2 amide bonds. The minimum atomic E-state index is -1.15. The SMILES string of the molecule is CC(C)CC(NC(=O)c1cc(CN2CCOCC2)on1)C(=O)NCC(=O)O. The van der Waals surface area contributed by atoms with Gasteiger partial charge in [0.05, 0.1) is 19.8 Å². The molecule has 0 aromatic carbocycles. The molecule has 1 fully saturated rings. The number of ether oxygens (including phenoxy) is 1. The summed E-state index contributed by atoms with van der Waals surface area (Å²) in [5.41, 5.74) is 0.0815. The van der Waals surface area contributed by atoms with Gasteiger partial charge in [0.2, 0.25) is 5.91 Å². The largest absolute Gasteiger partial charge is 0.480 e. The van der Waals surface area contributed by atoms with Crippen molar-refractivity contribution < 1.29 is 28.8 Å². The summed E-state index contributed by atoms with van der Waals surface area (Å²) in [6, 6.07) is 0.697. The maximum atomic E-state index is 12.4. The molecule has 0 aliphatic carbocycles. The van der Waals surface area contributed by atoms with Crippen LogP contribution in [0.5, 0.6) is 0 Å². The molecule has 1 aromatic heterocycles. The first-order chi connectivity index (χ1) is 12.8. The number of rotatable bonds is 9. The summed E-state index contributed by atoms with van der Waals surface area (Å²) in [5.74, 6) is -1.56. The molecule has 1 saturated heterocycles. The minimum Gasteiger partial charge on any atom is -0.480 e. The second-order valence-corrected chi connectivity index (χ2v) is 6.83. The van der Waals surface area contributed by atoms with E-state index in [9.17, 15) is 14.4 Å². The number of morpholine rings is 1. The van der Waals surface area contributed by atoms with E-state index < -0.39 is 30.4 Å². The van der Waals surface area contributed by atoms with Crippen LogP contribution in [-0.2, 0) is 20.9 Å². The van der Waals surface area contributed by atoms with E-state index in [1.807, 2.05) is 13.8 Å². The van der Waals surface area contributed by atoms with Crippen molar-refractivity contribution >= 4 is 17.8 Å². The Bertz CT molecular complexity index is 654. The van der Waals surface area contributed by atoms with Gasteiger partial charge in [-0.25, -0.2) is 0 Å². The monoisotopic (exact) mass is 382 g/mol. The smallest absolute Gasteiger partial charge is 0.322 e. The van der Waals surface area contributed by atoms with E-state index in [1.165, 1.54) is 0 Å². The number of aromatic nitrogens is 1. The number of aliphatic carboxylic acids is 1. The molecule has 27 heavy (non-hydrogen) atoms. The first-order valence-corrected chi connectivity index (χ1v) is 8.91. The van der Waals surface area contributed by atoms with E-state index in [0.717, 1.165) is 13.1 Å². The van der Waals surface area contributed by atoms with Crippen LogP contribution >= 0.6 is 0 Å². The number of hydrogen-bond donors (Lipinski definition) is 3. The van der Waals surface area contributed by atoms with Crippen molar-refractivity contribution in [1.29, 1.82) is 0 Å². The van der Waals surface area contributed by atoms with Crippen LogP contribution in [0.4, 0.5) is 0 Å². The molecular weight excluding hydrogens is 356 g/mol. The standard InChI is InChI=1S/C17H26N4O6/c1-11(2)7-13(16(24)18-9-15(22)23)19-17(25)14-8-12(27-20-14)10-21-3-5-26-6-4-21/h8,11,13H,3-7,9-10H2,1-2H3,(H,18,24)(H,19,25)(H,22,23). The van der Waals surface area contributed by atoms with Crippen LogP contribution < -0.4 is 10.6 Å². The Morgan fingerprint density at radius 1 is 1.30 bits per heavy atom. The molecule has 2 rings (SSSR count). The molecule has 1 unspecified atom stereocenters. The zero-order valence-corrected chi connectivity index (χ0v) is 15.6. The molecular formula is C17H26N4O6. The van der Waals surface area contributed by atoms with Gasteiger partial charge in [-0.2, -0.15) is 0 Å². The Morgan fingerprint density at radius 2 is 2.00 bits per heavy atom. The summed E-state index contributed by atoms with van der Waals surface area (Å²) in [4.78, 5) is 37.3. The highest BCUT2D eigenvalue weighted by atomic mass is 16.5. The van der Waals surface area contributed by atoms with Gasteiger partial charge in [-0.3, -0.25) is 19.3 Å². The molecule has 1 atom stereocenters. The van der Waals surface area contributed by atoms with E-state index in [2.05, 4.69) is 20.7 Å². The summed E-state index contributed by atoms with van der Waals surface area (Å²) in [5, 5.41) is 17.4. The Morgan fingerprint density at radius 3 is 2.63 bits per heavy atom. The van der Waals surface area contributed by atoms with Gasteiger partial charge in [-0.05, 0) is 12.3 Å². The second kappa shape index (κ2) is 10.0. The lowest BCUT2D eigenvalue weighted by atomic mass is 10.0. The molecule has 10 heteroatoms. The number of nitrogens with one attached hydrogen (secondary N) is 2. The van der Waals surface area contributed by atoms with Crippen LogP contribution in [0.1, 0.15) is 36.5 Å². The zero-order chi connectivity index (χ0) is 19.8. The Hall–Kier alpha value is -2.46. The van der Waals surface area contributed by atoms with Gasteiger partial charge in [-0.1, -0.05) is 19.0 Å². The van der Waals surface area contributed by atoms with Crippen LogP contribution in [0.15, 0.2) is 10.6 Å². The van der Waals surface area contributed by atoms with Crippen LogP contribution in [0.3, 0.4) is 0 Å². The van der Waals surface area contributed by atoms with Crippen molar-refractivity contribution in [3.05, 3.63) is 17.5 Å². The van der Waals surface area contributed by atoms with Gasteiger partial charge >= 0.3 is 5.97 Å². The van der Waals surface area contributed by atoms with E-state index >= 15 is 0 Å². The van der Waals surface area contributed by atoms with E-state index in [4.69, 9.17) is 14.4 Å². The fourth-order valence-electron chi connectivity index (χ4n) is 2.70. The zero-order valence-electron chi connectivity index (χ0n) is 15.6. The number of carboxylic acid groups (broad SMARTS) is 1. The molecule has 1 aliphatic heterocycles. The number of nitrogens with zero attached hydrogens (tertiary/aromatic N) is 2. The quantitative estimate of drug-likeness (QED) is 0.537. The lowest BCUT2D eigenvalue weighted by Crippen LogP contribution is -2.48. The molecule has 0 spiro atoms. The highest BCUT2D eigenvalue weighted by molar-refractivity contribution is 5.96. The number of carboxylic acids is 1. The van der Waals surface area contributed by atoms with E-state index in [1.54, 1.807) is 6.07 Å². The van der Waals surface area contributed by atoms with Crippen molar-refractivity contribution in [2.24, 2.45) is 5.92 Å². The Kier molecular flexibility index (Phi) is 7.74. The average Bonchev–Trinajstić information content (AvgIpc) is 3.08. The van der Waals surface area contributed by atoms with Crippen molar-refractivity contribution in [3.8, 4) is 0 Å². The number of carbonyl (C=O) groups is 3. The second-order valence-electron chi connectivity index (χ2n) is 6.83. The fraction of sp³-hybridized carbons (Fsp3) is 0.647. The summed E-state index contributed by atoms with van der Waals surface area (Å²) in [6.45, 7) is 6.70. The van der Waals surface area contributed by atoms with Crippen molar-refractivity contribution in [3.63, 3.8) is 0 Å². The third kappa shape index (κ3) is 6.99. The maximum absolute atomic E-state index is 12.4. The highest BCUT2D eigenvalue weighted by Gasteiger charge is 2.25. The Balaban J connectivity index is 1.95. The molecule has 150 valence electrons. The summed E-state index contributed by atoms with van der Waals surface area (Å²) in [7, 11) is 0. The normalized spacial score (nSPS) is 16.1. The predicted octanol–water partition coefficient (Wildman–Crippen LogP) is -0.148. The van der Waals surface area contributed by atoms with E-state index in [-0.39, 0.29) is 11.6 Å². The van der Waals surface area contributed by atoms with Crippen LogP contribution in [0.2, 0.25) is 0 Å². The topological polar surface area (TPSA) is 134 Å². The van der Waals surface area contributed by atoms with Crippen molar-refractivity contribution in [2.45, 2.75) is 32.9 Å². The highest BCUT2D eigenvalue weighted by Crippen LogP contribution is 2.11. The molecule has 10 nitrogen and oxygen atoms in total. The average molecular weight is 382 g/mol. The number of amides is 2. The van der Waals surface area contributed by atoms with Gasteiger partial charge in [0.15, 0.2) is 11.5 Å². The van der Waals surface area contributed by atoms with Crippen LogP contribution in [-0.4, -0.2) is 71.8 Å². The van der Waals surface area contributed by atoms with Gasteiger partial charge in [0.25, 0.3) is 5.91 Å². The molecule has 0 radical (unpaired) electrons. The Labute approximate surface area is 157 Å². The molecule has 0 saturated carbocycles. The van der Waals surface area contributed by atoms with Gasteiger partial charge in [0, 0.05) is 19.2 Å². The third-order valence-corrected chi connectivity index (χ3v) is 4.02. The van der Waals surface area contributed by atoms with Gasteiger partial charge < -0.3 is 25.0 Å². The van der Waals surface area contributed by atoms with Crippen molar-refractivity contribution in [2.75, 3.05) is 32.8 Å². The summed E-state index contributed by atoms with van der Waals surface area (Å²) in [6.07, 6.45) is 0.371. The summed E-state index contributed by atoms with van der Waals surface area (Å²) < 4.78 is 10.5. The molecule has 1 aromatic rings. The van der Waals surface area contributed by atoms with Crippen molar-refractivity contribution in [1.82, 2.24) is 20.7 Å². The van der Waals surface area contributed by atoms with E-state index in [0.29, 0.717) is 31.9 Å². The number of carbonyl (C=O) groups excluding carboxylic acids is 2. The maximum Gasteiger partial charge on any atom is 0.322 e.